The molecular weight excluding hydrogens is 641 g/mol. The van der Waals surface area contributed by atoms with Crippen molar-refractivity contribution in [2.75, 3.05) is 6.54 Å². The number of carbonyl (C=O) groups excluding carboxylic acids is 3. The maximum absolute atomic E-state index is 13.2. The summed E-state index contributed by atoms with van der Waals surface area (Å²) in [5, 5.41) is 6.24. The van der Waals surface area contributed by atoms with Gasteiger partial charge in [-0.1, -0.05) is 44.0 Å². The fourth-order valence-corrected chi connectivity index (χ4v) is 4.40. The second kappa shape index (κ2) is 12.0. The van der Waals surface area contributed by atoms with Gasteiger partial charge in [0.15, 0.2) is 5.75 Å². The zero-order chi connectivity index (χ0) is 24.7. The fourth-order valence-electron chi connectivity index (χ4n) is 2.66. The molecule has 3 aromatic carbocycles. The van der Waals surface area contributed by atoms with Crippen molar-refractivity contribution in [3.8, 4) is 5.75 Å². The number of hydrogen-bond acceptors (Lipinski definition) is 5. The number of nitrogens with one attached hydrogen (secondary N) is 2. The zero-order valence-electron chi connectivity index (χ0n) is 17.2. The molecule has 0 aliphatic carbocycles. The molecule has 2 N–H and O–H groups in total. The molecule has 0 radical (unpaired) electrons. The van der Waals surface area contributed by atoms with Crippen molar-refractivity contribution in [3.05, 3.63) is 96.6 Å². The van der Waals surface area contributed by atoms with Gasteiger partial charge in [-0.25, -0.2) is 14.6 Å². The lowest BCUT2D eigenvalue weighted by Gasteiger charge is -2.11. The molecule has 34 heavy (non-hydrogen) atoms. The van der Waals surface area contributed by atoms with Crippen molar-refractivity contribution >= 4 is 71.8 Å². The Kier molecular flexibility index (Phi) is 9.08. The van der Waals surface area contributed by atoms with E-state index in [-0.39, 0.29) is 17.9 Å². The Morgan fingerprint density at radius 2 is 1.68 bits per heavy atom. The third-order valence-electron chi connectivity index (χ3n) is 4.18. The van der Waals surface area contributed by atoms with Gasteiger partial charge in [-0.15, -0.1) is 0 Å². The van der Waals surface area contributed by atoms with Crippen molar-refractivity contribution in [2.45, 2.75) is 0 Å². The Hall–Kier alpha value is -2.89. The van der Waals surface area contributed by atoms with E-state index in [4.69, 9.17) is 4.74 Å². The summed E-state index contributed by atoms with van der Waals surface area (Å²) in [6.07, 6.45) is 1.30. The molecule has 0 bridgehead atoms. The topological polar surface area (TPSA) is 96.9 Å². The Labute approximate surface area is 219 Å². The number of benzene rings is 3. The highest BCUT2D eigenvalue weighted by atomic mass is 79.9. The number of halogens is 4. The van der Waals surface area contributed by atoms with Crippen molar-refractivity contribution in [3.63, 3.8) is 0 Å². The molecule has 11 heteroatoms. The quantitative estimate of drug-likeness (QED) is 0.158. The number of hydrazone groups is 1. The monoisotopic (exact) mass is 653 g/mol. The molecule has 0 saturated carbocycles. The number of hydrogen-bond donors (Lipinski definition) is 2. The molecule has 0 aliphatic rings. The number of rotatable bonds is 7. The van der Waals surface area contributed by atoms with E-state index in [2.05, 4.69) is 63.6 Å². The minimum atomic E-state index is -0.609. The highest BCUT2D eigenvalue weighted by Gasteiger charge is 2.16. The van der Waals surface area contributed by atoms with Gasteiger partial charge in [0, 0.05) is 20.1 Å². The lowest BCUT2D eigenvalue weighted by Crippen LogP contribution is -2.34. The third kappa shape index (κ3) is 7.31. The number of nitrogens with zero attached hydrogens (tertiary/aromatic N) is 1. The van der Waals surface area contributed by atoms with Crippen LogP contribution in [-0.2, 0) is 4.79 Å². The van der Waals surface area contributed by atoms with Gasteiger partial charge in [0.25, 0.3) is 11.8 Å². The summed E-state index contributed by atoms with van der Waals surface area (Å²) in [5.41, 5.74) is 3.10. The van der Waals surface area contributed by atoms with E-state index in [9.17, 15) is 18.8 Å². The summed E-state index contributed by atoms with van der Waals surface area (Å²) in [6, 6.07) is 15.2. The minimum absolute atomic E-state index is 0.0900. The van der Waals surface area contributed by atoms with E-state index in [1.54, 1.807) is 36.4 Å². The first kappa shape index (κ1) is 25.7. The summed E-state index contributed by atoms with van der Waals surface area (Å²) < 4.78 is 20.7. The van der Waals surface area contributed by atoms with Crippen LogP contribution in [0.1, 0.15) is 26.3 Å². The van der Waals surface area contributed by atoms with Gasteiger partial charge in [0.1, 0.15) is 5.82 Å². The van der Waals surface area contributed by atoms with Gasteiger partial charge in [-0.2, -0.15) is 5.10 Å². The lowest BCUT2D eigenvalue weighted by molar-refractivity contribution is -0.120. The molecule has 0 aliphatic heterocycles. The Bertz CT molecular complexity index is 1280. The van der Waals surface area contributed by atoms with E-state index in [0.717, 1.165) is 10.5 Å². The molecule has 2 amide bonds. The van der Waals surface area contributed by atoms with Crippen LogP contribution in [-0.4, -0.2) is 30.5 Å². The minimum Gasteiger partial charge on any atom is -0.421 e. The molecule has 3 aromatic rings. The fraction of sp³-hybridized carbons (Fsp3) is 0.0435. The Morgan fingerprint density at radius 1 is 0.941 bits per heavy atom. The molecule has 0 unspecified atom stereocenters. The number of carbonyl (C=O) groups is 3. The van der Waals surface area contributed by atoms with Crippen LogP contribution in [0.4, 0.5) is 4.39 Å². The Morgan fingerprint density at radius 3 is 2.41 bits per heavy atom. The standard InChI is InChI=1S/C23H15Br3FN3O4/c24-16-5-1-4-14(7-16)23(33)34-21-15(8-17(25)10-19(21)26)11-29-30-20(31)12-28-22(32)13-3-2-6-18(27)9-13/h1-11H,12H2,(H,28,32)(H,30,31)/b29-11-. The van der Waals surface area contributed by atoms with Gasteiger partial charge in [-0.05, 0) is 64.5 Å². The largest absolute Gasteiger partial charge is 0.421 e. The normalized spacial score (nSPS) is 10.7. The van der Waals surface area contributed by atoms with E-state index in [1.165, 1.54) is 24.4 Å². The first-order valence-electron chi connectivity index (χ1n) is 9.55. The SMILES string of the molecule is O=C(CNC(=O)c1cccc(F)c1)N/N=C\c1cc(Br)cc(Br)c1OC(=O)c1cccc(Br)c1. The molecule has 7 nitrogen and oxygen atoms in total. The van der Waals surface area contributed by atoms with Gasteiger partial charge in [-0.3, -0.25) is 9.59 Å². The molecular formula is C23H15Br3FN3O4. The smallest absolute Gasteiger partial charge is 0.343 e. The van der Waals surface area contributed by atoms with Crippen LogP contribution in [0, 0.1) is 5.82 Å². The average molecular weight is 656 g/mol. The molecule has 0 aromatic heterocycles. The first-order valence-corrected chi connectivity index (χ1v) is 11.9. The third-order valence-corrected chi connectivity index (χ3v) is 5.72. The lowest BCUT2D eigenvalue weighted by atomic mass is 10.2. The molecule has 3 rings (SSSR count). The van der Waals surface area contributed by atoms with Gasteiger partial charge in [0.2, 0.25) is 0 Å². The van der Waals surface area contributed by atoms with Crippen molar-refractivity contribution in [2.24, 2.45) is 5.10 Å². The summed E-state index contributed by atoms with van der Waals surface area (Å²) in [5.74, 6) is -2.15. The predicted octanol–water partition coefficient (Wildman–Crippen LogP) is 5.21. The average Bonchev–Trinajstić information content (AvgIpc) is 2.79. The second-order valence-electron chi connectivity index (χ2n) is 6.69. The van der Waals surface area contributed by atoms with Gasteiger partial charge < -0.3 is 10.1 Å². The number of ether oxygens (including phenoxy) is 1. The highest BCUT2D eigenvalue weighted by Crippen LogP contribution is 2.32. The van der Waals surface area contributed by atoms with Crippen LogP contribution in [0.2, 0.25) is 0 Å². The maximum atomic E-state index is 13.2. The maximum Gasteiger partial charge on any atom is 0.343 e. The summed E-state index contributed by atoms with van der Waals surface area (Å²) in [4.78, 5) is 36.6. The van der Waals surface area contributed by atoms with Crippen LogP contribution < -0.4 is 15.5 Å². The molecule has 0 fully saturated rings. The molecule has 174 valence electrons. The van der Waals surface area contributed by atoms with Crippen molar-refractivity contribution < 1.29 is 23.5 Å². The predicted molar refractivity (Wildman–Crippen MR) is 135 cm³/mol. The molecule has 0 atom stereocenters. The van der Waals surface area contributed by atoms with E-state index in [0.29, 0.717) is 20.1 Å². The van der Waals surface area contributed by atoms with Crippen LogP contribution in [0.15, 0.2) is 79.2 Å². The molecule has 0 spiro atoms. The zero-order valence-corrected chi connectivity index (χ0v) is 21.9. The second-order valence-corrected chi connectivity index (χ2v) is 9.38. The molecule has 0 heterocycles. The first-order chi connectivity index (χ1) is 16.2. The van der Waals surface area contributed by atoms with Crippen LogP contribution in [0.25, 0.3) is 0 Å². The summed E-state index contributed by atoms with van der Waals surface area (Å²) in [7, 11) is 0. The highest BCUT2D eigenvalue weighted by molar-refractivity contribution is 9.11. The van der Waals surface area contributed by atoms with Crippen LogP contribution >= 0.6 is 47.8 Å². The van der Waals surface area contributed by atoms with Crippen LogP contribution in [0.5, 0.6) is 5.75 Å². The van der Waals surface area contributed by atoms with E-state index >= 15 is 0 Å². The van der Waals surface area contributed by atoms with E-state index < -0.39 is 23.6 Å². The number of esters is 1. The summed E-state index contributed by atoms with van der Waals surface area (Å²) >= 11 is 10.0. The molecule has 0 saturated heterocycles. The van der Waals surface area contributed by atoms with E-state index in [1.807, 2.05) is 0 Å². The Balaban J connectivity index is 1.65. The van der Waals surface area contributed by atoms with Crippen molar-refractivity contribution in [1.82, 2.24) is 10.7 Å². The van der Waals surface area contributed by atoms with Gasteiger partial charge in [0.05, 0.1) is 22.8 Å². The number of amides is 2. The summed E-state index contributed by atoms with van der Waals surface area (Å²) in [6.45, 7) is -0.375. The van der Waals surface area contributed by atoms with Crippen LogP contribution in [0.3, 0.4) is 0 Å². The van der Waals surface area contributed by atoms with Crippen molar-refractivity contribution in [1.29, 1.82) is 0 Å². The van der Waals surface area contributed by atoms with Gasteiger partial charge >= 0.3 is 5.97 Å².